The molecule has 76 valence electrons. The van der Waals surface area contributed by atoms with Crippen LogP contribution in [0.1, 0.15) is 12.8 Å². The summed E-state index contributed by atoms with van der Waals surface area (Å²) in [5, 5.41) is 16.4. The smallest absolute Gasteiger partial charge is 0.315 e. The molecular weight excluding hydrogens is 192 g/mol. The molecule has 14 heavy (non-hydrogen) atoms. The topological polar surface area (TPSA) is 67.9 Å². The van der Waals surface area contributed by atoms with E-state index in [1.807, 2.05) is 0 Å². The average Bonchev–Trinajstić information content (AvgIpc) is 2.17. The molecule has 0 rings (SSSR count). The SMILES string of the molecule is N#CCCN(CCC#N)C(=O)C(F)F. The number of amides is 1. The molecule has 0 aromatic rings. The summed E-state index contributed by atoms with van der Waals surface area (Å²) in [6.07, 6.45) is -3.10. The third-order valence-corrected chi connectivity index (χ3v) is 1.49. The average molecular weight is 201 g/mol. The Morgan fingerprint density at radius 2 is 1.64 bits per heavy atom. The van der Waals surface area contributed by atoms with Crippen LogP contribution in [0.15, 0.2) is 0 Å². The molecule has 0 saturated carbocycles. The third-order valence-electron chi connectivity index (χ3n) is 1.49. The number of alkyl halides is 2. The normalized spacial score (nSPS) is 9.21. The summed E-state index contributed by atoms with van der Waals surface area (Å²) >= 11 is 0. The second-order valence-corrected chi connectivity index (χ2v) is 2.44. The van der Waals surface area contributed by atoms with E-state index >= 15 is 0 Å². The Bertz CT molecular complexity index is 249. The highest BCUT2D eigenvalue weighted by molar-refractivity contribution is 5.79. The molecule has 1 amide bonds. The van der Waals surface area contributed by atoms with Crippen molar-refractivity contribution in [2.75, 3.05) is 13.1 Å². The summed E-state index contributed by atoms with van der Waals surface area (Å²) < 4.78 is 24.0. The first-order valence-electron chi connectivity index (χ1n) is 3.94. The van der Waals surface area contributed by atoms with E-state index in [9.17, 15) is 13.6 Å². The number of carbonyl (C=O) groups excluding carboxylic acids is 1. The van der Waals surface area contributed by atoms with Crippen molar-refractivity contribution in [3.05, 3.63) is 0 Å². The summed E-state index contributed by atoms with van der Waals surface area (Å²) in [6.45, 7) is -0.108. The van der Waals surface area contributed by atoms with E-state index in [1.54, 1.807) is 12.1 Å². The molecule has 0 bridgehead atoms. The number of hydrogen-bond acceptors (Lipinski definition) is 3. The number of halogens is 2. The van der Waals surface area contributed by atoms with Gasteiger partial charge < -0.3 is 4.90 Å². The molecule has 0 atom stereocenters. The number of hydrogen-bond donors (Lipinski definition) is 0. The van der Waals surface area contributed by atoms with E-state index in [4.69, 9.17) is 10.5 Å². The van der Waals surface area contributed by atoms with E-state index in [2.05, 4.69) is 0 Å². The van der Waals surface area contributed by atoms with Crippen molar-refractivity contribution in [2.24, 2.45) is 0 Å². The van der Waals surface area contributed by atoms with E-state index in [0.29, 0.717) is 0 Å². The lowest BCUT2D eigenvalue weighted by atomic mass is 10.3. The van der Waals surface area contributed by atoms with Gasteiger partial charge in [-0.1, -0.05) is 0 Å². The maximum Gasteiger partial charge on any atom is 0.315 e. The van der Waals surface area contributed by atoms with Crippen LogP contribution < -0.4 is 0 Å². The van der Waals surface area contributed by atoms with Crippen molar-refractivity contribution in [1.29, 1.82) is 10.5 Å². The van der Waals surface area contributed by atoms with E-state index in [1.165, 1.54) is 0 Å². The summed E-state index contributed by atoms with van der Waals surface area (Å²) in [5.41, 5.74) is 0. The monoisotopic (exact) mass is 201 g/mol. The summed E-state index contributed by atoms with van der Waals surface area (Å²) in [6, 6.07) is 3.49. The molecule has 0 spiro atoms. The number of nitrogens with zero attached hydrogens (tertiary/aromatic N) is 3. The van der Waals surface area contributed by atoms with Crippen LogP contribution in [-0.2, 0) is 4.79 Å². The van der Waals surface area contributed by atoms with Crippen LogP contribution >= 0.6 is 0 Å². The molecule has 0 aromatic carbocycles. The molecule has 0 aliphatic heterocycles. The van der Waals surface area contributed by atoms with Gasteiger partial charge in [-0.2, -0.15) is 19.3 Å². The fraction of sp³-hybridized carbons (Fsp3) is 0.625. The number of rotatable bonds is 5. The first-order chi connectivity index (χ1) is 6.63. The predicted octanol–water partition coefficient (Wildman–Crippen LogP) is 0.907. The molecule has 0 aromatic heterocycles. The molecule has 0 unspecified atom stereocenters. The molecule has 0 radical (unpaired) electrons. The fourth-order valence-corrected chi connectivity index (χ4v) is 0.840. The zero-order chi connectivity index (χ0) is 11.0. The molecule has 4 nitrogen and oxygen atoms in total. The molecule has 0 heterocycles. The van der Waals surface area contributed by atoms with Crippen LogP contribution in [-0.4, -0.2) is 30.3 Å². The predicted molar refractivity (Wildman–Crippen MR) is 43.0 cm³/mol. The highest BCUT2D eigenvalue weighted by atomic mass is 19.3. The highest BCUT2D eigenvalue weighted by Gasteiger charge is 2.22. The van der Waals surface area contributed by atoms with Gasteiger partial charge in [-0.15, -0.1) is 0 Å². The number of nitriles is 2. The van der Waals surface area contributed by atoms with Gasteiger partial charge in [0.1, 0.15) is 0 Å². The minimum atomic E-state index is -3.08. The van der Waals surface area contributed by atoms with Crippen molar-refractivity contribution in [3.63, 3.8) is 0 Å². The maximum absolute atomic E-state index is 12.0. The van der Waals surface area contributed by atoms with E-state index in [0.717, 1.165) is 4.90 Å². The Kier molecular flexibility index (Phi) is 5.97. The van der Waals surface area contributed by atoms with Crippen molar-refractivity contribution < 1.29 is 13.6 Å². The third kappa shape index (κ3) is 4.36. The first kappa shape index (κ1) is 12.3. The molecule has 0 aliphatic carbocycles. The molecule has 0 fully saturated rings. The molecule has 0 N–H and O–H groups in total. The second kappa shape index (κ2) is 6.79. The Morgan fingerprint density at radius 3 is 1.93 bits per heavy atom. The fourth-order valence-electron chi connectivity index (χ4n) is 0.840. The van der Waals surface area contributed by atoms with Crippen molar-refractivity contribution in [3.8, 4) is 12.1 Å². The van der Waals surface area contributed by atoms with Gasteiger partial charge in [0, 0.05) is 13.1 Å². The largest absolute Gasteiger partial charge is 0.336 e. The van der Waals surface area contributed by atoms with Crippen molar-refractivity contribution in [1.82, 2.24) is 4.90 Å². The quantitative estimate of drug-likeness (QED) is 0.663. The second-order valence-electron chi connectivity index (χ2n) is 2.44. The Hall–Kier alpha value is -1.69. The summed E-state index contributed by atoms with van der Waals surface area (Å²) in [4.78, 5) is 11.6. The minimum Gasteiger partial charge on any atom is -0.336 e. The van der Waals surface area contributed by atoms with Gasteiger partial charge in [0.25, 0.3) is 5.91 Å². The minimum absolute atomic E-state index is 0.0100. The van der Waals surface area contributed by atoms with E-state index < -0.39 is 12.3 Å². The standard InChI is InChI=1S/C8H9F2N3O/c9-7(10)8(14)13(5-1-3-11)6-2-4-12/h7H,1-2,5-6H2. The van der Waals surface area contributed by atoms with Crippen molar-refractivity contribution >= 4 is 5.91 Å². The molecule has 0 saturated heterocycles. The Morgan fingerprint density at radius 1 is 1.21 bits per heavy atom. The number of carbonyl (C=O) groups is 1. The first-order valence-corrected chi connectivity index (χ1v) is 3.94. The lowest BCUT2D eigenvalue weighted by Crippen LogP contribution is -2.36. The van der Waals surface area contributed by atoms with Crippen LogP contribution in [0.5, 0.6) is 0 Å². The van der Waals surface area contributed by atoms with Gasteiger partial charge in [-0.05, 0) is 0 Å². The van der Waals surface area contributed by atoms with Gasteiger partial charge in [-0.25, -0.2) is 0 Å². The summed E-state index contributed by atoms with van der Waals surface area (Å²) in [5.74, 6) is -1.32. The van der Waals surface area contributed by atoms with Crippen molar-refractivity contribution in [2.45, 2.75) is 19.3 Å². The lowest BCUT2D eigenvalue weighted by Gasteiger charge is -2.19. The Labute approximate surface area is 80.3 Å². The molecular formula is C8H9F2N3O. The summed E-state index contributed by atoms with van der Waals surface area (Å²) in [7, 11) is 0. The van der Waals surface area contributed by atoms with E-state index in [-0.39, 0.29) is 25.9 Å². The van der Waals surface area contributed by atoms with Gasteiger partial charge >= 0.3 is 6.43 Å². The van der Waals surface area contributed by atoms with Gasteiger partial charge in [-0.3, -0.25) is 4.79 Å². The lowest BCUT2D eigenvalue weighted by molar-refractivity contribution is -0.142. The molecule has 6 heteroatoms. The van der Waals surface area contributed by atoms with Gasteiger partial charge in [0.2, 0.25) is 0 Å². The van der Waals surface area contributed by atoms with Crippen LogP contribution in [0.2, 0.25) is 0 Å². The highest BCUT2D eigenvalue weighted by Crippen LogP contribution is 2.02. The van der Waals surface area contributed by atoms with Crippen LogP contribution in [0.3, 0.4) is 0 Å². The van der Waals surface area contributed by atoms with Gasteiger partial charge in [0.05, 0.1) is 25.0 Å². The Balaban J connectivity index is 4.18. The molecule has 0 aliphatic rings. The van der Waals surface area contributed by atoms with Crippen LogP contribution in [0.4, 0.5) is 8.78 Å². The zero-order valence-electron chi connectivity index (χ0n) is 7.41. The maximum atomic E-state index is 12.0. The van der Waals surface area contributed by atoms with Crippen LogP contribution in [0, 0.1) is 22.7 Å². The van der Waals surface area contributed by atoms with Gasteiger partial charge in [0.15, 0.2) is 0 Å². The van der Waals surface area contributed by atoms with Crippen LogP contribution in [0.25, 0.3) is 0 Å². The zero-order valence-corrected chi connectivity index (χ0v) is 7.41.